The fourth-order valence-corrected chi connectivity index (χ4v) is 5.32. The third-order valence-corrected chi connectivity index (χ3v) is 7.03. The van der Waals surface area contributed by atoms with Gasteiger partial charge in [0, 0.05) is 30.5 Å². The second-order valence-electron chi connectivity index (χ2n) is 9.37. The predicted octanol–water partition coefficient (Wildman–Crippen LogP) is 6.72. The molecule has 31 heavy (non-hydrogen) atoms. The highest BCUT2D eigenvalue weighted by Crippen LogP contribution is 2.48. The van der Waals surface area contributed by atoms with Crippen LogP contribution in [0.2, 0.25) is 0 Å². The van der Waals surface area contributed by atoms with Gasteiger partial charge in [-0.2, -0.15) is 0 Å². The summed E-state index contributed by atoms with van der Waals surface area (Å²) in [5.41, 5.74) is 7.12. The molecule has 2 aliphatic carbocycles. The third-order valence-electron chi connectivity index (χ3n) is 7.03. The van der Waals surface area contributed by atoms with E-state index in [0.717, 1.165) is 23.8 Å². The first-order chi connectivity index (χ1) is 15.0. The maximum atomic E-state index is 12.6. The lowest BCUT2D eigenvalue weighted by molar-refractivity contribution is -0.125. The molecule has 0 spiro atoms. The molecule has 1 aromatic rings. The first-order valence-corrected chi connectivity index (χ1v) is 12.3. The van der Waals surface area contributed by atoms with Crippen molar-refractivity contribution in [2.75, 3.05) is 6.54 Å². The van der Waals surface area contributed by atoms with E-state index >= 15 is 0 Å². The number of benzene rings is 1. The van der Waals surface area contributed by atoms with E-state index in [-0.39, 0.29) is 11.8 Å². The fraction of sp³-hybridized carbons (Fsp3) is 0.593. The fourth-order valence-electron chi connectivity index (χ4n) is 5.32. The van der Waals surface area contributed by atoms with Gasteiger partial charge in [-0.1, -0.05) is 50.8 Å². The Kier molecular flexibility index (Phi) is 6.45. The smallest absolute Gasteiger partial charge is 0.225 e. The van der Waals surface area contributed by atoms with Crippen LogP contribution >= 0.6 is 0 Å². The molecular formula is C27H37N3O. The summed E-state index contributed by atoms with van der Waals surface area (Å²) in [5, 5.41) is 0. The molecule has 0 aromatic heterocycles. The highest BCUT2D eigenvalue weighted by Gasteiger charge is 2.43. The van der Waals surface area contributed by atoms with Gasteiger partial charge in [0.05, 0.1) is 11.6 Å². The largest absolute Gasteiger partial charge is 0.296 e. The Morgan fingerprint density at radius 3 is 2.39 bits per heavy atom. The molecule has 0 N–H and O–H groups in total. The zero-order valence-electron chi connectivity index (χ0n) is 19.9. The number of carbonyl (C=O) groups is 1. The van der Waals surface area contributed by atoms with Crippen LogP contribution in [0, 0.1) is 18.8 Å². The van der Waals surface area contributed by atoms with E-state index in [1.807, 2.05) is 18.7 Å². The molecule has 2 aliphatic heterocycles. The number of aliphatic imine (C=N–C) groups is 2. The summed E-state index contributed by atoms with van der Waals surface area (Å²) in [7, 11) is 0. The Balaban J connectivity index is 0.00000112. The predicted molar refractivity (Wildman–Crippen MR) is 129 cm³/mol. The van der Waals surface area contributed by atoms with Gasteiger partial charge < -0.3 is 0 Å². The number of amidine groups is 1. The summed E-state index contributed by atoms with van der Waals surface area (Å²) in [6.45, 7) is 10.7. The van der Waals surface area contributed by atoms with Crippen LogP contribution in [0.5, 0.6) is 0 Å². The lowest BCUT2D eigenvalue weighted by Gasteiger charge is -2.34. The lowest BCUT2D eigenvalue weighted by atomic mass is 9.75. The van der Waals surface area contributed by atoms with Crippen molar-refractivity contribution in [3.63, 3.8) is 0 Å². The van der Waals surface area contributed by atoms with Crippen LogP contribution in [-0.4, -0.2) is 28.9 Å². The maximum absolute atomic E-state index is 12.6. The molecule has 1 unspecified atom stereocenters. The molecule has 2 fully saturated rings. The molecule has 166 valence electrons. The number of allylic oxidation sites excluding steroid dienone is 1. The number of nitrogens with zero attached hydrogens (tertiary/aromatic N) is 3. The zero-order valence-corrected chi connectivity index (χ0v) is 19.9. The Morgan fingerprint density at radius 2 is 1.74 bits per heavy atom. The van der Waals surface area contributed by atoms with Gasteiger partial charge in [0.25, 0.3) is 0 Å². The van der Waals surface area contributed by atoms with Gasteiger partial charge in [0.1, 0.15) is 5.84 Å². The summed E-state index contributed by atoms with van der Waals surface area (Å²) in [6.07, 6.45) is 8.86. The quantitative estimate of drug-likeness (QED) is 0.536. The topological polar surface area (TPSA) is 45.0 Å². The molecule has 4 aliphatic rings. The van der Waals surface area contributed by atoms with Crippen LogP contribution in [0.4, 0.5) is 5.69 Å². The Hall–Kier alpha value is -2.23. The van der Waals surface area contributed by atoms with E-state index in [9.17, 15) is 4.79 Å². The Labute approximate surface area is 187 Å². The van der Waals surface area contributed by atoms with Crippen molar-refractivity contribution in [1.82, 2.24) is 4.90 Å². The molecule has 1 amide bonds. The molecule has 4 nitrogen and oxygen atoms in total. The summed E-state index contributed by atoms with van der Waals surface area (Å²) >= 11 is 0. The van der Waals surface area contributed by atoms with Crippen molar-refractivity contribution >= 4 is 23.1 Å². The molecule has 2 heterocycles. The van der Waals surface area contributed by atoms with Crippen molar-refractivity contribution in [3.8, 4) is 0 Å². The van der Waals surface area contributed by atoms with Gasteiger partial charge in [-0.05, 0) is 63.0 Å². The van der Waals surface area contributed by atoms with Crippen LogP contribution in [0.15, 0.2) is 39.5 Å². The van der Waals surface area contributed by atoms with Crippen molar-refractivity contribution in [3.05, 3.63) is 40.6 Å². The highest BCUT2D eigenvalue weighted by atomic mass is 16.2. The molecular weight excluding hydrogens is 382 g/mol. The average molecular weight is 420 g/mol. The first kappa shape index (κ1) is 22.0. The average Bonchev–Trinajstić information content (AvgIpc) is 3.54. The van der Waals surface area contributed by atoms with Crippen LogP contribution in [0.3, 0.4) is 0 Å². The van der Waals surface area contributed by atoms with E-state index < -0.39 is 0 Å². The Bertz CT molecular complexity index is 945. The second kappa shape index (κ2) is 9.10. The zero-order chi connectivity index (χ0) is 22.1. The number of carbonyl (C=O) groups excluding carboxylic acids is 1. The van der Waals surface area contributed by atoms with E-state index in [1.165, 1.54) is 67.4 Å². The molecule has 2 saturated carbocycles. The van der Waals surface area contributed by atoms with Crippen molar-refractivity contribution in [2.45, 2.75) is 85.5 Å². The number of hydrogen-bond acceptors (Lipinski definition) is 3. The molecule has 1 atom stereocenters. The maximum Gasteiger partial charge on any atom is 0.225 e. The number of amides is 1. The summed E-state index contributed by atoms with van der Waals surface area (Å²) < 4.78 is 0. The normalized spacial score (nSPS) is 22.7. The van der Waals surface area contributed by atoms with Crippen molar-refractivity contribution < 1.29 is 4.79 Å². The van der Waals surface area contributed by atoms with Crippen LogP contribution in [0.1, 0.15) is 89.7 Å². The number of hydrogen-bond donors (Lipinski definition) is 0. The monoisotopic (exact) mass is 419 g/mol. The standard InChI is InChI=1S/C25H31N3O.C2H6/c1-15-9-12-21-20(13-15)23-22(16(2)26-24(23)19-7-5-4-6-8-19)25(27-21)28(17(3)29)14-18-10-11-18;1-2/h9,12-13,18-19,23H,4-8,10-11,14H2,1-3H3;1-2H3. The number of fused-ring (bicyclic) bond motifs is 3. The minimum Gasteiger partial charge on any atom is -0.296 e. The molecule has 1 aromatic carbocycles. The molecule has 5 rings (SSSR count). The van der Waals surface area contributed by atoms with Crippen molar-refractivity contribution in [2.24, 2.45) is 21.8 Å². The summed E-state index contributed by atoms with van der Waals surface area (Å²) in [4.78, 5) is 24.8. The van der Waals surface area contributed by atoms with Crippen LogP contribution in [0.25, 0.3) is 0 Å². The van der Waals surface area contributed by atoms with E-state index in [0.29, 0.717) is 11.8 Å². The van der Waals surface area contributed by atoms with Crippen LogP contribution < -0.4 is 0 Å². The van der Waals surface area contributed by atoms with Gasteiger partial charge in [-0.25, -0.2) is 4.99 Å². The minimum atomic E-state index is 0.0939. The summed E-state index contributed by atoms with van der Waals surface area (Å²) in [6, 6.07) is 6.55. The molecule has 0 radical (unpaired) electrons. The van der Waals surface area contributed by atoms with Crippen molar-refractivity contribution in [1.29, 1.82) is 0 Å². The third kappa shape index (κ3) is 4.26. The second-order valence-corrected chi connectivity index (χ2v) is 9.37. The lowest BCUT2D eigenvalue weighted by Crippen LogP contribution is -2.41. The minimum absolute atomic E-state index is 0.0939. The molecule has 4 heteroatoms. The van der Waals surface area contributed by atoms with Gasteiger partial charge in [0.2, 0.25) is 5.91 Å². The molecule has 0 saturated heterocycles. The SMILES string of the molecule is CC.CC(=O)N(CC1CC1)C1=Nc2ccc(C)cc2C2C(C3CCCCC3)=NC(C)=C12. The Morgan fingerprint density at radius 1 is 1.03 bits per heavy atom. The van der Waals surface area contributed by atoms with E-state index in [1.54, 1.807) is 6.92 Å². The van der Waals surface area contributed by atoms with Gasteiger partial charge in [-0.3, -0.25) is 14.7 Å². The van der Waals surface area contributed by atoms with Crippen LogP contribution in [-0.2, 0) is 4.79 Å². The highest BCUT2D eigenvalue weighted by molar-refractivity contribution is 6.18. The summed E-state index contributed by atoms with van der Waals surface area (Å²) in [5.74, 6) is 2.30. The van der Waals surface area contributed by atoms with Gasteiger partial charge in [-0.15, -0.1) is 0 Å². The molecule has 0 bridgehead atoms. The first-order valence-electron chi connectivity index (χ1n) is 12.3. The number of rotatable bonds is 3. The van der Waals surface area contributed by atoms with Gasteiger partial charge in [0.15, 0.2) is 0 Å². The number of aryl methyl sites for hydroxylation is 1. The van der Waals surface area contributed by atoms with E-state index in [4.69, 9.17) is 9.98 Å². The van der Waals surface area contributed by atoms with E-state index in [2.05, 4.69) is 32.0 Å². The van der Waals surface area contributed by atoms with Gasteiger partial charge >= 0.3 is 0 Å².